The number of rotatable bonds is 14. The van der Waals surface area contributed by atoms with Crippen LogP contribution in [0.1, 0.15) is 153 Å². The number of ether oxygens (including phenoxy) is 2. The van der Waals surface area contributed by atoms with E-state index in [1.165, 1.54) is 35.1 Å². The lowest BCUT2D eigenvalue weighted by Crippen LogP contribution is -2.58. The number of piperidine rings is 2. The number of hydrogen-bond acceptors (Lipinski definition) is 6. The Labute approximate surface area is 332 Å². The van der Waals surface area contributed by atoms with Crippen LogP contribution in [0.15, 0.2) is 97.1 Å². The largest absolute Gasteiger partial charge is 0.489 e. The highest BCUT2D eigenvalue weighted by Crippen LogP contribution is 2.42. The van der Waals surface area contributed by atoms with Gasteiger partial charge in [-0.05, 0) is 172 Å². The molecule has 4 aromatic carbocycles. The first-order valence-corrected chi connectivity index (χ1v) is 20.6. The molecule has 0 N–H and O–H groups in total. The summed E-state index contributed by atoms with van der Waals surface area (Å²) in [7, 11) is 0. The minimum Gasteiger partial charge on any atom is -0.489 e. The highest BCUT2D eigenvalue weighted by atomic mass is 16.7. The van der Waals surface area contributed by atoms with Crippen LogP contribution in [0.2, 0.25) is 0 Å². The van der Waals surface area contributed by atoms with Crippen LogP contribution >= 0.6 is 0 Å². The van der Waals surface area contributed by atoms with Crippen molar-refractivity contribution in [3.05, 3.63) is 130 Å². The molecule has 0 spiro atoms. The van der Waals surface area contributed by atoms with Crippen molar-refractivity contribution in [3.63, 3.8) is 0 Å². The van der Waals surface area contributed by atoms with Gasteiger partial charge >= 0.3 is 0 Å². The van der Waals surface area contributed by atoms with E-state index in [1.807, 2.05) is 0 Å². The molecule has 0 saturated carbocycles. The van der Waals surface area contributed by atoms with E-state index in [-0.39, 0.29) is 34.4 Å². The lowest BCUT2D eigenvalue weighted by atomic mass is 9.82. The molecule has 6 heteroatoms. The normalized spacial score (nSPS) is 20.4. The lowest BCUT2D eigenvalue weighted by Gasteiger charge is -2.52. The summed E-state index contributed by atoms with van der Waals surface area (Å²) in [4.78, 5) is 13.2. The fourth-order valence-corrected chi connectivity index (χ4v) is 8.71. The highest BCUT2D eigenvalue weighted by molar-refractivity contribution is 5.35. The molecule has 2 saturated heterocycles. The first kappa shape index (κ1) is 41.0. The molecule has 0 aliphatic carbocycles. The van der Waals surface area contributed by atoms with Gasteiger partial charge < -0.3 is 9.47 Å². The maximum atomic E-state index is 6.59. The quantitative estimate of drug-likeness (QED) is 0.128. The predicted octanol–water partition coefficient (Wildman–Crippen LogP) is 12.5. The van der Waals surface area contributed by atoms with Gasteiger partial charge in [0.05, 0.1) is 0 Å². The Morgan fingerprint density at radius 2 is 0.727 bits per heavy atom. The Hall–Kier alpha value is -3.68. The summed E-state index contributed by atoms with van der Waals surface area (Å²) in [5.41, 5.74) is 7.19. The van der Waals surface area contributed by atoms with Gasteiger partial charge in [-0.25, -0.2) is 0 Å². The van der Waals surface area contributed by atoms with Gasteiger partial charge in [0.1, 0.15) is 36.9 Å². The Balaban J connectivity index is 0.933. The predicted molar refractivity (Wildman–Crippen MR) is 224 cm³/mol. The van der Waals surface area contributed by atoms with E-state index in [0.29, 0.717) is 13.2 Å². The zero-order valence-electron chi connectivity index (χ0n) is 35.3. The summed E-state index contributed by atoms with van der Waals surface area (Å²) in [6.45, 7) is 23.6. The molecule has 4 aromatic rings. The minimum absolute atomic E-state index is 0.0205. The van der Waals surface area contributed by atoms with E-state index >= 15 is 0 Å². The van der Waals surface area contributed by atoms with Gasteiger partial charge in [0, 0.05) is 22.2 Å². The smallest absolute Gasteiger partial charge is 0.119 e. The molecular formula is C49H66N2O4. The Bertz CT molecular complexity index is 1640. The summed E-state index contributed by atoms with van der Waals surface area (Å²) < 4.78 is 12.3. The van der Waals surface area contributed by atoms with Crippen molar-refractivity contribution in [2.24, 2.45) is 0 Å². The molecule has 0 bridgehead atoms. The van der Waals surface area contributed by atoms with Crippen molar-refractivity contribution in [1.29, 1.82) is 0 Å². The van der Waals surface area contributed by atoms with Crippen molar-refractivity contribution in [1.82, 2.24) is 10.1 Å². The van der Waals surface area contributed by atoms with E-state index in [1.54, 1.807) is 0 Å². The van der Waals surface area contributed by atoms with Gasteiger partial charge in [-0.3, -0.25) is 9.68 Å². The molecule has 296 valence electrons. The number of benzene rings is 4. The molecule has 2 aliphatic heterocycles. The van der Waals surface area contributed by atoms with E-state index in [2.05, 4.69) is 176 Å². The van der Waals surface area contributed by atoms with Crippen LogP contribution in [0.25, 0.3) is 0 Å². The third-order valence-corrected chi connectivity index (χ3v) is 11.8. The van der Waals surface area contributed by atoms with Gasteiger partial charge in [-0.1, -0.05) is 72.8 Å². The Morgan fingerprint density at radius 3 is 1.04 bits per heavy atom. The standard InChI is InChI=1S/C49H66N2O4/c1-36(54-50-46(3,4)29-11-30-47(50,5)6)42-21-13-40(14-22-42)34-52-44-25-17-38(18-26-44)33-39-19-27-45(28-20-39)53-35-41-15-23-43(24-16-41)37(2)55-51-48(7,8)31-12-32-49(51,9)10/h13-28,36-37H,11-12,29-35H2,1-10H3. The molecule has 2 heterocycles. The highest BCUT2D eigenvalue weighted by Gasteiger charge is 2.44. The monoisotopic (exact) mass is 747 g/mol. The van der Waals surface area contributed by atoms with Crippen molar-refractivity contribution in [2.75, 3.05) is 0 Å². The SMILES string of the molecule is CC(ON1C(C)(C)CCCC1(C)C)c1ccc(COc2ccc(Cc3ccc(OCc4ccc(C(C)ON5C(C)(C)CCCC5(C)C)cc4)cc3)cc2)cc1. The van der Waals surface area contributed by atoms with Gasteiger partial charge in [-0.15, -0.1) is 0 Å². The lowest BCUT2D eigenvalue weighted by molar-refractivity contribution is -0.304. The zero-order valence-corrected chi connectivity index (χ0v) is 35.3. The Morgan fingerprint density at radius 1 is 0.436 bits per heavy atom. The van der Waals surface area contributed by atoms with E-state index in [4.69, 9.17) is 19.1 Å². The summed E-state index contributed by atoms with van der Waals surface area (Å²) in [5, 5.41) is 4.49. The van der Waals surface area contributed by atoms with Gasteiger partial charge in [0.2, 0.25) is 0 Å². The fraction of sp³-hybridized carbons (Fsp3) is 0.510. The molecular weight excluding hydrogens is 681 g/mol. The summed E-state index contributed by atoms with van der Waals surface area (Å²) in [6.07, 6.45) is 7.87. The van der Waals surface area contributed by atoms with Crippen molar-refractivity contribution >= 4 is 0 Å². The molecule has 2 fully saturated rings. The average molecular weight is 747 g/mol. The summed E-state index contributed by atoms with van der Waals surface area (Å²) in [5.74, 6) is 1.74. The second-order valence-electron chi connectivity index (χ2n) is 18.6. The van der Waals surface area contributed by atoms with Crippen LogP contribution in [0, 0.1) is 0 Å². The minimum atomic E-state index is -0.0212. The fourth-order valence-electron chi connectivity index (χ4n) is 8.71. The van der Waals surface area contributed by atoms with Crippen LogP contribution in [0.4, 0.5) is 0 Å². The van der Waals surface area contributed by atoms with Crippen molar-refractivity contribution < 1.29 is 19.1 Å². The molecule has 2 unspecified atom stereocenters. The number of hydrogen-bond donors (Lipinski definition) is 0. The topological polar surface area (TPSA) is 43.4 Å². The van der Waals surface area contributed by atoms with E-state index in [0.717, 1.165) is 54.7 Å². The third kappa shape index (κ3) is 10.4. The Kier molecular flexibility index (Phi) is 12.5. The van der Waals surface area contributed by atoms with Crippen LogP contribution in [0.3, 0.4) is 0 Å². The first-order chi connectivity index (χ1) is 26.0. The molecule has 2 atom stereocenters. The molecule has 2 aliphatic rings. The summed E-state index contributed by atoms with van der Waals surface area (Å²) >= 11 is 0. The molecule has 6 rings (SSSR count). The first-order valence-electron chi connectivity index (χ1n) is 20.6. The van der Waals surface area contributed by atoms with Gasteiger partial charge in [0.25, 0.3) is 0 Å². The number of hydroxylamine groups is 4. The maximum absolute atomic E-state index is 6.59. The molecule has 0 aromatic heterocycles. The molecule has 55 heavy (non-hydrogen) atoms. The van der Waals surface area contributed by atoms with Gasteiger partial charge in [-0.2, -0.15) is 10.1 Å². The van der Waals surface area contributed by atoms with Crippen molar-refractivity contribution in [2.45, 2.75) is 162 Å². The van der Waals surface area contributed by atoms with Gasteiger partial charge in [0.15, 0.2) is 0 Å². The molecule has 0 amide bonds. The maximum Gasteiger partial charge on any atom is 0.119 e. The summed E-state index contributed by atoms with van der Waals surface area (Å²) in [6, 6.07) is 34.1. The van der Waals surface area contributed by atoms with Crippen LogP contribution in [0.5, 0.6) is 11.5 Å². The molecule has 0 radical (unpaired) electrons. The zero-order chi connectivity index (χ0) is 39.4. The number of nitrogens with zero attached hydrogens (tertiary/aromatic N) is 2. The van der Waals surface area contributed by atoms with E-state index in [9.17, 15) is 0 Å². The van der Waals surface area contributed by atoms with E-state index < -0.39 is 0 Å². The van der Waals surface area contributed by atoms with Crippen LogP contribution < -0.4 is 9.47 Å². The van der Waals surface area contributed by atoms with Crippen molar-refractivity contribution in [3.8, 4) is 11.5 Å². The second kappa shape index (κ2) is 16.8. The average Bonchev–Trinajstić information content (AvgIpc) is 3.14. The van der Waals surface area contributed by atoms with Crippen LogP contribution in [-0.4, -0.2) is 32.3 Å². The second-order valence-corrected chi connectivity index (χ2v) is 18.6. The van der Waals surface area contributed by atoms with Crippen LogP contribution in [-0.2, 0) is 29.3 Å². The molecule has 6 nitrogen and oxygen atoms in total. The third-order valence-electron chi connectivity index (χ3n) is 11.8.